The van der Waals surface area contributed by atoms with Crippen molar-refractivity contribution in [2.24, 2.45) is 11.8 Å². The molecule has 0 saturated heterocycles. The maximum absolute atomic E-state index is 12.5. The zero-order chi connectivity index (χ0) is 19.1. The first kappa shape index (κ1) is 20.4. The largest absolute Gasteiger partial charge is 0.356 e. The summed E-state index contributed by atoms with van der Waals surface area (Å²) in [5.41, 5.74) is 3.26. The third-order valence-corrected chi connectivity index (χ3v) is 5.32. The van der Waals surface area contributed by atoms with E-state index in [0.29, 0.717) is 0 Å². The van der Waals surface area contributed by atoms with Crippen LogP contribution < -0.4 is 10.6 Å². The molecule has 2 rings (SSSR count). The molecule has 2 amide bonds. The SMILES string of the molecule is Cc1ccc(NC(=O)C2CCC(C(=O)NCCCN(C)C)CC2)cc1C. The van der Waals surface area contributed by atoms with E-state index in [9.17, 15) is 9.59 Å². The van der Waals surface area contributed by atoms with Crippen LogP contribution in [-0.2, 0) is 9.59 Å². The maximum atomic E-state index is 12.5. The molecule has 0 aliphatic heterocycles. The van der Waals surface area contributed by atoms with Gasteiger partial charge in [-0.3, -0.25) is 9.59 Å². The molecule has 2 N–H and O–H groups in total. The highest BCUT2D eigenvalue weighted by atomic mass is 16.2. The van der Waals surface area contributed by atoms with Crippen LogP contribution in [0.5, 0.6) is 0 Å². The minimum absolute atomic E-state index is 0.00870. The van der Waals surface area contributed by atoms with Gasteiger partial charge in [0.1, 0.15) is 0 Å². The number of nitrogens with one attached hydrogen (secondary N) is 2. The van der Waals surface area contributed by atoms with Crippen molar-refractivity contribution in [2.45, 2.75) is 46.0 Å². The van der Waals surface area contributed by atoms with Gasteiger partial charge in [0.05, 0.1) is 0 Å². The van der Waals surface area contributed by atoms with Crippen LogP contribution in [0, 0.1) is 25.7 Å². The molecule has 0 atom stereocenters. The molecule has 0 radical (unpaired) electrons. The average Bonchev–Trinajstić information content (AvgIpc) is 2.61. The Bertz CT molecular complexity index is 620. The Balaban J connectivity index is 1.74. The van der Waals surface area contributed by atoms with Crippen LogP contribution in [-0.4, -0.2) is 43.9 Å². The number of amides is 2. The van der Waals surface area contributed by atoms with E-state index in [-0.39, 0.29) is 23.7 Å². The molecule has 1 aromatic carbocycles. The van der Waals surface area contributed by atoms with Crippen molar-refractivity contribution in [2.75, 3.05) is 32.5 Å². The molecular formula is C21H33N3O2. The number of benzene rings is 1. The fourth-order valence-corrected chi connectivity index (χ4v) is 3.43. The van der Waals surface area contributed by atoms with Crippen molar-refractivity contribution in [3.63, 3.8) is 0 Å². The van der Waals surface area contributed by atoms with Gasteiger partial charge in [0.2, 0.25) is 11.8 Å². The van der Waals surface area contributed by atoms with Gasteiger partial charge >= 0.3 is 0 Å². The predicted molar refractivity (Wildman–Crippen MR) is 106 cm³/mol. The van der Waals surface area contributed by atoms with Crippen molar-refractivity contribution in [3.8, 4) is 0 Å². The van der Waals surface area contributed by atoms with Crippen molar-refractivity contribution >= 4 is 17.5 Å². The van der Waals surface area contributed by atoms with Gasteiger partial charge in [-0.25, -0.2) is 0 Å². The minimum atomic E-state index is 0.00870. The lowest BCUT2D eigenvalue weighted by atomic mass is 9.81. The first-order valence-electron chi connectivity index (χ1n) is 9.67. The molecule has 144 valence electrons. The number of carbonyl (C=O) groups excluding carboxylic acids is 2. The van der Waals surface area contributed by atoms with E-state index in [1.165, 1.54) is 11.1 Å². The van der Waals surface area contributed by atoms with Crippen LogP contribution in [0.3, 0.4) is 0 Å². The third kappa shape index (κ3) is 6.13. The summed E-state index contributed by atoms with van der Waals surface area (Å²) in [7, 11) is 4.07. The van der Waals surface area contributed by atoms with Crippen LogP contribution in [0.2, 0.25) is 0 Å². The Morgan fingerprint density at radius 2 is 1.62 bits per heavy atom. The molecule has 1 aliphatic carbocycles. The van der Waals surface area contributed by atoms with E-state index in [1.54, 1.807) is 0 Å². The number of hydrogen-bond acceptors (Lipinski definition) is 3. The lowest BCUT2D eigenvalue weighted by Gasteiger charge is -2.27. The monoisotopic (exact) mass is 359 g/mol. The second-order valence-corrected chi connectivity index (χ2v) is 7.78. The number of hydrogen-bond donors (Lipinski definition) is 2. The van der Waals surface area contributed by atoms with Gasteiger partial charge in [-0.1, -0.05) is 6.07 Å². The molecule has 1 fully saturated rings. The number of anilines is 1. The summed E-state index contributed by atoms with van der Waals surface area (Å²) in [6.07, 6.45) is 4.13. The summed E-state index contributed by atoms with van der Waals surface area (Å²) in [6, 6.07) is 6.00. The smallest absolute Gasteiger partial charge is 0.227 e. The zero-order valence-electron chi connectivity index (χ0n) is 16.6. The molecule has 0 unspecified atom stereocenters. The topological polar surface area (TPSA) is 61.4 Å². The second kappa shape index (κ2) is 9.72. The highest BCUT2D eigenvalue weighted by Crippen LogP contribution is 2.30. The van der Waals surface area contributed by atoms with Crippen LogP contribution in [0.15, 0.2) is 18.2 Å². The van der Waals surface area contributed by atoms with Crippen LogP contribution >= 0.6 is 0 Å². The molecule has 0 heterocycles. The molecule has 1 aromatic rings. The average molecular weight is 360 g/mol. The van der Waals surface area contributed by atoms with E-state index < -0.39 is 0 Å². The highest BCUT2D eigenvalue weighted by Gasteiger charge is 2.29. The van der Waals surface area contributed by atoms with Gasteiger partial charge in [-0.15, -0.1) is 0 Å². The van der Waals surface area contributed by atoms with Crippen molar-refractivity contribution < 1.29 is 9.59 Å². The lowest BCUT2D eigenvalue weighted by molar-refractivity contribution is -0.128. The molecule has 0 bridgehead atoms. The predicted octanol–water partition coefficient (Wildman–Crippen LogP) is 3.12. The third-order valence-electron chi connectivity index (χ3n) is 5.32. The molecule has 0 aromatic heterocycles. The Kier molecular flexibility index (Phi) is 7.64. The first-order valence-corrected chi connectivity index (χ1v) is 9.67. The van der Waals surface area contributed by atoms with Crippen molar-refractivity contribution in [3.05, 3.63) is 29.3 Å². The summed E-state index contributed by atoms with van der Waals surface area (Å²) in [6.45, 7) is 5.82. The molecular weight excluding hydrogens is 326 g/mol. The van der Waals surface area contributed by atoms with E-state index in [4.69, 9.17) is 0 Å². The van der Waals surface area contributed by atoms with Gasteiger partial charge in [-0.05, 0) is 89.9 Å². The Morgan fingerprint density at radius 3 is 2.19 bits per heavy atom. The normalized spacial score (nSPS) is 20.0. The zero-order valence-corrected chi connectivity index (χ0v) is 16.6. The quantitative estimate of drug-likeness (QED) is 0.736. The standard InChI is InChI=1S/C21H33N3O2/c1-15-6-11-19(14-16(15)2)23-21(26)18-9-7-17(8-10-18)20(25)22-12-5-13-24(3)4/h6,11,14,17-18H,5,7-10,12-13H2,1-4H3,(H,22,25)(H,23,26). The Labute approximate surface area is 157 Å². The van der Waals surface area contributed by atoms with Gasteiger partial charge in [0.15, 0.2) is 0 Å². The first-order chi connectivity index (χ1) is 12.4. The number of carbonyl (C=O) groups is 2. The van der Waals surface area contributed by atoms with E-state index >= 15 is 0 Å². The Morgan fingerprint density at radius 1 is 1.00 bits per heavy atom. The summed E-state index contributed by atoms with van der Waals surface area (Å²) in [5.74, 6) is 0.296. The fourth-order valence-electron chi connectivity index (χ4n) is 3.43. The van der Waals surface area contributed by atoms with Gasteiger partial charge in [0.25, 0.3) is 0 Å². The van der Waals surface area contributed by atoms with Crippen molar-refractivity contribution in [1.82, 2.24) is 10.2 Å². The molecule has 0 spiro atoms. The van der Waals surface area contributed by atoms with Crippen LogP contribution in [0.25, 0.3) is 0 Å². The molecule has 5 nitrogen and oxygen atoms in total. The number of nitrogens with zero attached hydrogens (tertiary/aromatic N) is 1. The lowest BCUT2D eigenvalue weighted by Crippen LogP contribution is -2.36. The molecule has 5 heteroatoms. The van der Waals surface area contributed by atoms with Crippen LogP contribution in [0.4, 0.5) is 5.69 Å². The molecule has 1 saturated carbocycles. The maximum Gasteiger partial charge on any atom is 0.227 e. The minimum Gasteiger partial charge on any atom is -0.356 e. The van der Waals surface area contributed by atoms with E-state index in [0.717, 1.165) is 50.9 Å². The fraction of sp³-hybridized carbons (Fsp3) is 0.619. The number of rotatable bonds is 7. The summed E-state index contributed by atoms with van der Waals surface area (Å²) in [4.78, 5) is 26.9. The van der Waals surface area contributed by atoms with Crippen molar-refractivity contribution in [1.29, 1.82) is 0 Å². The highest BCUT2D eigenvalue weighted by molar-refractivity contribution is 5.93. The van der Waals surface area contributed by atoms with Gasteiger partial charge in [-0.2, -0.15) is 0 Å². The van der Waals surface area contributed by atoms with E-state index in [1.807, 2.05) is 39.2 Å². The van der Waals surface area contributed by atoms with E-state index in [2.05, 4.69) is 22.5 Å². The Hall–Kier alpha value is -1.88. The molecule has 1 aliphatic rings. The summed E-state index contributed by atoms with van der Waals surface area (Å²) < 4.78 is 0. The van der Waals surface area contributed by atoms with Crippen LogP contribution in [0.1, 0.15) is 43.2 Å². The van der Waals surface area contributed by atoms with Gasteiger partial charge < -0.3 is 15.5 Å². The summed E-state index contributed by atoms with van der Waals surface area (Å²) >= 11 is 0. The number of aryl methyl sites for hydroxylation is 2. The summed E-state index contributed by atoms with van der Waals surface area (Å²) in [5, 5.41) is 6.07. The van der Waals surface area contributed by atoms with Gasteiger partial charge in [0, 0.05) is 24.1 Å². The molecule has 26 heavy (non-hydrogen) atoms. The second-order valence-electron chi connectivity index (χ2n) is 7.78.